The maximum absolute atomic E-state index is 6.33. The fourth-order valence-electron chi connectivity index (χ4n) is 6.75. The Morgan fingerprint density at radius 3 is 1.70 bits per heavy atom. The van der Waals surface area contributed by atoms with Crippen molar-refractivity contribution < 1.29 is 4.42 Å². The van der Waals surface area contributed by atoms with Crippen molar-refractivity contribution in [2.75, 3.05) is 4.90 Å². The number of hydrogen-bond donors (Lipinski definition) is 0. The fourth-order valence-corrected chi connectivity index (χ4v) is 6.75. The van der Waals surface area contributed by atoms with Crippen LogP contribution in [0.3, 0.4) is 0 Å². The van der Waals surface area contributed by atoms with Gasteiger partial charge in [0.05, 0.1) is 0 Å². The van der Waals surface area contributed by atoms with Gasteiger partial charge in [0.15, 0.2) is 0 Å². The molecule has 9 aromatic rings. The molecule has 0 aliphatic rings. The van der Waals surface area contributed by atoms with Crippen LogP contribution in [0.1, 0.15) is 0 Å². The Morgan fingerprint density at radius 1 is 0.304 bits per heavy atom. The van der Waals surface area contributed by atoms with Crippen molar-refractivity contribution in [1.82, 2.24) is 0 Å². The van der Waals surface area contributed by atoms with Crippen LogP contribution in [0.2, 0.25) is 0 Å². The molecule has 46 heavy (non-hydrogen) atoms. The van der Waals surface area contributed by atoms with Crippen LogP contribution >= 0.6 is 0 Å². The molecule has 9 rings (SSSR count). The number of anilines is 3. The van der Waals surface area contributed by atoms with Crippen LogP contribution in [-0.2, 0) is 0 Å². The predicted molar refractivity (Wildman–Crippen MR) is 194 cm³/mol. The molecule has 8 aromatic carbocycles. The van der Waals surface area contributed by atoms with Gasteiger partial charge < -0.3 is 9.32 Å². The minimum Gasteiger partial charge on any atom is -0.456 e. The van der Waals surface area contributed by atoms with Crippen LogP contribution in [0.15, 0.2) is 180 Å². The van der Waals surface area contributed by atoms with Crippen LogP contribution in [0, 0.1) is 0 Å². The zero-order valence-corrected chi connectivity index (χ0v) is 25.1. The van der Waals surface area contributed by atoms with E-state index >= 15 is 0 Å². The van der Waals surface area contributed by atoms with Gasteiger partial charge in [-0.1, -0.05) is 121 Å². The maximum atomic E-state index is 6.33. The molecule has 0 fully saturated rings. The summed E-state index contributed by atoms with van der Waals surface area (Å²) in [5, 5.41) is 7.24. The summed E-state index contributed by atoms with van der Waals surface area (Å²) in [5.74, 6) is 0. The Balaban J connectivity index is 1.17. The van der Waals surface area contributed by atoms with Crippen LogP contribution in [-0.4, -0.2) is 0 Å². The summed E-state index contributed by atoms with van der Waals surface area (Å²) in [6.07, 6.45) is 0. The van der Waals surface area contributed by atoms with Crippen molar-refractivity contribution in [2.45, 2.75) is 0 Å². The molecule has 216 valence electrons. The lowest BCUT2D eigenvalue weighted by Crippen LogP contribution is -2.09. The predicted octanol–water partition coefficient (Wildman–Crippen LogP) is 12.7. The largest absolute Gasteiger partial charge is 0.456 e. The monoisotopic (exact) mass is 587 g/mol. The van der Waals surface area contributed by atoms with E-state index in [-0.39, 0.29) is 0 Å². The van der Waals surface area contributed by atoms with Gasteiger partial charge in [0.2, 0.25) is 0 Å². The Hall–Kier alpha value is -6.12. The minimum atomic E-state index is 0.879. The zero-order chi connectivity index (χ0) is 30.5. The number of rotatable bonds is 5. The SMILES string of the molecule is c1ccc(-c2cccc(-c3ccc(N(c4ccc5c(ccc6ccccc65)c4)c4ccc5c(c4)oc4ccccc45)cc3)c2)cc1. The first kappa shape index (κ1) is 26.3. The summed E-state index contributed by atoms with van der Waals surface area (Å²) in [4.78, 5) is 2.32. The van der Waals surface area contributed by atoms with E-state index in [1.165, 1.54) is 43.8 Å². The lowest BCUT2D eigenvalue weighted by molar-refractivity contribution is 0.669. The van der Waals surface area contributed by atoms with Gasteiger partial charge in [-0.2, -0.15) is 0 Å². The summed E-state index contributed by atoms with van der Waals surface area (Å²) in [7, 11) is 0. The molecule has 0 amide bonds. The molecule has 1 aromatic heterocycles. The molecule has 0 spiro atoms. The Kier molecular flexibility index (Phi) is 6.17. The lowest BCUT2D eigenvalue weighted by Gasteiger charge is -2.26. The van der Waals surface area contributed by atoms with Crippen LogP contribution in [0.25, 0.3) is 65.7 Å². The highest BCUT2D eigenvalue weighted by molar-refractivity contribution is 6.09. The van der Waals surface area contributed by atoms with Crippen molar-refractivity contribution >= 4 is 60.5 Å². The average molecular weight is 588 g/mol. The highest BCUT2D eigenvalue weighted by Gasteiger charge is 2.17. The molecule has 2 heteroatoms. The molecule has 0 saturated carbocycles. The fraction of sp³-hybridized carbons (Fsp3) is 0. The number of furan rings is 1. The molecule has 0 saturated heterocycles. The Bertz CT molecular complexity index is 2530. The second-order valence-corrected chi connectivity index (χ2v) is 11.8. The lowest BCUT2D eigenvalue weighted by atomic mass is 9.98. The summed E-state index contributed by atoms with van der Waals surface area (Å²) >= 11 is 0. The van der Waals surface area contributed by atoms with E-state index in [9.17, 15) is 0 Å². The third-order valence-electron chi connectivity index (χ3n) is 9.04. The molecule has 0 unspecified atom stereocenters. The van der Waals surface area contributed by atoms with E-state index in [2.05, 4.69) is 169 Å². The minimum absolute atomic E-state index is 0.879. The van der Waals surface area contributed by atoms with E-state index in [1.54, 1.807) is 0 Å². The molecule has 2 nitrogen and oxygen atoms in total. The van der Waals surface area contributed by atoms with Gasteiger partial charge in [0, 0.05) is 33.9 Å². The van der Waals surface area contributed by atoms with E-state index in [1.807, 2.05) is 12.1 Å². The molecular formula is C44H29NO. The molecule has 0 radical (unpaired) electrons. The van der Waals surface area contributed by atoms with E-state index in [0.29, 0.717) is 0 Å². The smallest absolute Gasteiger partial charge is 0.137 e. The average Bonchev–Trinajstić information content (AvgIpc) is 3.50. The number of fused-ring (bicyclic) bond motifs is 6. The van der Waals surface area contributed by atoms with Gasteiger partial charge in [0.25, 0.3) is 0 Å². The van der Waals surface area contributed by atoms with Crippen molar-refractivity contribution in [1.29, 1.82) is 0 Å². The first-order chi connectivity index (χ1) is 22.8. The molecule has 0 bridgehead atoms. The topological polar surface area (TPSA) is 16.4 Å². The normalized spacial score (nSPS) is 11.5. The summed E-state index contributed by atoms with van der Waals surface area (Å²) in [5.41, 5.74) is 9.82. The summed E-state index contributed by atoms with van der Waals surface area (Å²) < 4.78 is 6.33. The maximum Gasteiger partial charge on any atom is 0.137 e. The Labute approximate surface area is 267 Å². The van der Waals surface area contributed by atoms with E-state index in [4.69, 9.17) is 4.42 Å². The van der Waals surface area contributed by atoms with Gasteiger partial charge >= 0.3 is 0 Å². The van der Waals surface area contributed by atoms with Crippen LogP contribution in [0.4, 0.5) is 17.1 Å². The quantitative estimate of drug-likeness (QED) is 0.186. The molecule has 0 atom stereocenters. The third-order valence-corrected chi connectivity index (χ3v) is 9.04. The molecule has 1 heterocycles. The zero-order valence-electron chi connectivity index (χ0n) is 25.1. The highest BCUT2D eigenvalue weighted by Crippen LogP contribution is 2.41. The van der Waals surface area contributed by atoms with Crippen molar-refractivity contribution in [2.24, 2.45) is 0 Å². The molecule has 0 aliphatic heterocycles. The molecule has 0 N–H and O–H groups in total. The number of hydrogen-bond acceptors (Lipinski definition) is 2. The first-order valence-corrected chi connectivity index (χ1v) is 15.7. The van der Waals surface area contributed by atoms with Gasteiger partial charge in [-0.05, 0) is 92.3 Å². The molecule has 0 aliphatic carbocycles. The molecular weight excluding hydrogens is 558 g/mol. The van der Waals surface area contributed by atoms with E-state index < -0.39 is 0 Å². The van der Waals surface area contributed by atoms with Gasteiger partial charge in [0.1, 0.15) is 11.2 Å². The van der Waals surface area contributed by atoms with Crippen molar-refractivity contribution in [3.05, 3.63) is 176 Å². The second kappa shape index (κ2) is 10.8. The first-order valence-electron chi connectivity index (χ1n) is 15.7. The summed E-state index contributed by atoms with van der Waals surface area (Å²) in [6, 6.07) is 62.8. The summed E-state index contributed by atoms with van der Waals surface area (Å²) in [6.45, 7) is 0. The highest BCUT2D eigenvalue weighted by atomic mass is 16.3. The van der Waals surface area contributed by atoms with Gasteiger partial charge in [-0.3, -0.25) is 0 Å². The van der Waals surface area contributed by atoms with E-state index in [0.717, 1.165) is 39.0 Å². The van der Waals surface area contributed by atoms with Crippen molar-refractivity contribution in [3.63, 3.8) is 0 Å². The van der Waals surface area contributed by atoms with Crippen LogP contribution < -0.4 is 4.90 Å². The third kappa shape index (κ3) is 4.51. The van der Waals surface area contributed by atoms with Gasteiger partial charge in [-0.15, -0.1) is 0 Å². The van der Waals surface area contributed by atoms with Crippen molar-refractivity contribution in [3.8, 4) is 22.3 Å². The number of nitrogens with zero attached hydrogens (tertiary/aromatic N) is 1. The number of benzene rings is 8. The number of para-hydroxylation sites is 1. The van der Waals surface area contributed by atoms with Gasteiger partial charge in [-0.25, -0.2) is 0 Å². The Morgan fingerprint density at radius 2 is 0.870 bits per heavy atom. The standard InChI is InChI=1S/C44H29NO/c1-2-9-30(10-3-1)33-12-8-13-34(27-33)31-19-21-36(22-20-31)45(38-24-26-42-41-15-6-7-16-43(41)46-44(42)29-38)37-23-25-40-35(28-37)18-17-32-11-4-5-14-39(32)40/h1-29H. The second-order valence-electron chi connectivity index (χ2n) is 11.8. The van der Waals surface area contributed by atoms with Crippen LogP contribution in [0.5, 0.6) is 0 Å².